The van der Waals surface area contributed by atoms with Crippen LogP contribution in [0.25, 0.3) is 0 Å². The second-order valence-electron chi connectivity index (χ2n) is 8.38. The van der Waals surface area contributed by atoms with Gasteiger partial charge >= 0.3 is 11.8 Å². The number of allylic oxidation sites excluding steroid dienone is 1. The summed E-state index contributed by atoms with van der Waals surface area (Å²) in [5.41, 5.74) is 1.34. The molecule has 1 aliphatic heterocycles. The largest absolute Gasteiger partial charge is 0.348 e. The van der Waals surface area contributed by atoms with Crippen LogP contribution in [0.4, 0.5) is 0 Å². The van der Waals surface area contributed by atoms with Gasteiger partial charge in [-0.15, -0.1) is 0 Å². The molecule has 2 N–H and O–H groups in total. The smallest absolute Gasteiger partial charge is 0.309 e. The van der Waals surface area contributed by atoms with Gasteiger partial charge in [-0.2, -0.15) is 4.31 Å². The maximum Gasteiger partial charge on any atom is 0.309 e. The monoisotopic (exact) mass is 481 g/mol. The minimum Gasteiger partial charge on any atom is -0.348 e. The third-order valence-corrected chi connectivity index (χ3v) is 8.30. The number of rotatable bonds is 8. The van der Waals surface area contributed by atoms with Gasteiger partial charge < -0.3 is 10.6 Å². The number of nitrogens with one attached hydrogen (secondary N) is 2. The first-order valence-electron chi connectivity index (χ1n) is 11.4. The molecule has 3 rings (SSSR count). The van der Waals surface area contributed by atoms with Gasteiger partial charge in [-0.1, -0.05) is 29.7 Å². The number of amides is 2. The fourth-order valence-corrected chi connectivity index (χ4v) is 6.15. The van der Waals surface area contributed by atoms with Crippen LogP contribution in [0.3, 0.4) is 0 Å². The van der Waals surface area contributed by atoms with Gasteiger partial charge in [0, 0.05) is 30.7 Å². The average molecular weight is 482 g/mol. The summed E-state index contributed by atoms with van der Waals surface area (Å²) in [6.07, 6.45) is 10.5. The van der Waals surface area contributed by atoms with E-state index in [2.05, 4.69) is 16.7 Å². The number of hydrogen-bond acceptors (Lipinski definition) is 4. The molecular formula is C23H32ClN3O4S. The van der Waals surface area contributed by atoms with Crippen LogP contribution in [0, 0.1) is 0 Å². The van der Waals surface area contributed by atoms with E-state index in [1.54, 1.807) is 12.1 Å². The molecule has 9 heteroatoms. The van der Waals surface area contributed by atoms with Crippen LogP contribution in [0.5, 0.6) is 0 Å². The second-order valence-corrected chi connectivity index (χ2v) is 10.7. The highest BCUT2D eigenvalue weighted by molar-refractivity contribution is 7.89. The minimum absolute atomic E-state index is 0.213. The molecule has 1 aliphatic carbocycles. The van der Waals surface area contributed by atoms with E-state index in [0.717, 1.165) is 38.5 Å². The van der Waals surface area contributed by atoms with Gasteiger partial charge in [0.15, 0.2) is 0 Å². The van der Waals surface area contributed by atoms with Crippen LogP contribution in [-0.2, 0) is 19.6 Å². The quantitative estimate of drug-likeness (QED) is 0.439. The van der Waals surface area contributed by atoms with Gasteiger partial charge in [0.05, 0.1) is 4.90 Å². The molecule has 0 saturated carbocycles. The summed E-state index contributed by atoms with van der Waals surface area (Å²) in [7, 11) is -3.64. The lowest BCUT2D eigenvalue weighted by molar-refractivity contribution is -0.139. The molecule has 176 valence electrons. The van der Waals surface area contributed by atoms with Crippen molar-refractivity contribution in [2.24, 2.45) is 0 Å². The summed E-state index contributed by atoms with van der Waals surface area (Å²) in [6, 6.07) is 5.94. The number of sulfonamides is 1. The molecule has 2 amide bonds. The zero-order chi connectivity index (χ0) is 23.0. The predicted octanol–water partition coefficient (Wildman–Crippen LogP) is 3.40. The summed E-state index contributed by atoms with van der Waals surface area (Å²) in [5.74, 6) is -1.32. The molecule has 1 aromatic rings. The molecule has 0 aromatic heterocycles. The summed E-state index contributed by atoms with van der Waals surface area (Å²) >= 11 is 5.89. The van der Waals surface area contributed by atoms with Crippen LogP contribution >= 0.6 is 11.6 Å². The van der Waals surface area contributed by atoms with Gasteiger partial charge in [-0.3, -0.25) is 9.59 Å². The van der Waals surface area contributed by atoms with Crippen molar-refractivity contribution in [1.82, 2.24) is 14.9 Å². The first kappa shape index (κ1) is 24.7. The summed E-state index contributed by atoms with van der Waals surface area (Å²) in [6.45, 7) is 1.14. The molecule has 1 aromatic carbocycles. The Morgan fingerprint density at radius 3 is 2.41 bits per heavy atom. The Balaban J connectivity index is 1.46. The SMILES string of the molecule is O=C(NCCC1=CCCCC1)C(=O)NCC[C@H]1CCCCN1S(=O)(=O)c1ccc(Cl)cc1. The lowest BCUT2D eigenvalue weighted by Crippen LogP contribution is -2.46. The Morgan fingerprint density at radius 2 is 1.72 bits per heavy atom. The van der Waals surface area contributed by atoms with E-state index in [4.69, 9.17) is 11.6 Å². The highest BCUT2D eigenvalue weighted by atomic mass is 35.5. The predicted molar refractivity (Wildman–Crippen MR) is 125 cm³/mol. The summed E-state index contributed by atoms with van der Waals surface area (Å²) in [4.78, 5) is 24.4. The average Bonchev–Trinajstić information content (AvgIpc) is 2.80. The van der Waals surface area contributed by atoms with Crippen molar-refractivity contribution in [3.63, 3.8) is 0 Å². The lowest BCUT2D eigenvalue weighted by atomic mass is 9.97. The van der Waals surface area contributed by atoms with E-state index in [0.29, 0.717) is 24.5 Å². The lowest BCUT2D eigenvalue weighted by Gasteiger charge is -2.34. The van der Waals surface area contributed by atoms with E-state index in [-0.39, 0.29) is 17.5 Å². The molecule has 32 heavy (non-hydrogen) atoms. The van der Waals surface area contributed by atoms with Gasteiger partial charge in [0.25, 0.3) is 0 Å². The van der Waals surface area contributed by atoms with E-state index in [1.807, 2.05) is 0 Å². The van der Waals surface area contributed by atoms with Crippen molar-refractivity contribution >= 4 is 33.4 Å². The van der Waals surface area contributed by atoms with E-state index < -0.39 is 21.8 Å². The Labute approximate surface area is 195 Å². The van der Waals surface area contributed by atoms with Crippen molar-refractivity contribution in [3.05, 3.63) is 40.9 Å². The van der Waals surface area contributed by atoms with Gasteiger partial charge in [-0.05, 0) is 75.6 Å². The van der Waals surface area contributed by atoms with Crippen LogP contribution in [0.2, 0.25) is 5.02 Å². The number of carbonyl (C=O) groups excluding carboxylic acids is 2. The molecule has 0 bridgehead atoms. The minimum atomic E-state index is -3.64. The van der Waals surface area contributed by atoms with Crippen molar-refractivity contribution in [3.8, 4) is 0 Å². The van der Waals surface area contributed by atoms with E-state index >= 15 is 0 Å². The molecule has 1 fully saturated rings. The first-order chi connectivity index (χ1) is 15.4. The zero-order valence-electron chi connectivity index (χ0n) is 18.3. The molecule has 1 atom stereocenters. The van der Waals surface area contributed by atoms with Gasteiger partial charge in [0.2, 0.25) is 10.0 Å². The molecule has 0 spiro atoms. The first-order valence-corrected chi connectivity index (χ1v) is 13.2. The molecule has 7 nitrogen and oxygen atoms in total. The third-order valence-electron chi connectivity index (χ3n) is 6.08. The normalized spacial score (nSPS) is 19.8. The van der Waals surface area contributed by atoms with Crippen molar-refractivity contribution in [1.29, 1.82) is 0 Å². The number of halogens is 1. The Kier molecular flexibility index (Phi) is 9.13. The zero-order valence-corrected chi connectivity index (χ0v) is 19.9. The second kappa shape index (κ2) is 11.8. The van der Waals surface area contributed by atoms with Crippen molar-refractivity contribution in [2.45, 2.75) is 68.7 Å². The molecule has 1 saturated heterocycles. The highest BCUT2D eigenvalue weighted by Gasteiger charge is 2.33. The maximum absolute atomic E-state index is 13.1. The van der Waals surface area contributed by atoms with E-state index in [9.17, 15) is 18.0 Å². The number of nitrogens with zero attached hydrogens (tertiary/aromatic N) is 1. The van der Waals surface area contributed by atoms with Crippen LogP contribution < -0.4 is 10.6 Å². The fraction of sp³-hybridized carbons (Fsp3) is 0.565. The van der Waals surface area contributed by atoms with Crippen molar-refractivity contribution in [2.75, 3.05) is 19.6 Å². The summed E-state index contributed by atoms with van der Waals surface area (Å²) < 4.78 is 27.7. The number of benzene rings is 1. The summed E-state index contributed by atoms with van der Waals surface area (Å²) in [5, 5.41) is 5.78. The fourth-order valence-electron chi connectivity index (χ4n) is 4.30. The third kappa shape index (κ3) is 6.80. The van der Waals surface area contributed by atoms with Crippen LogP contribution in [0.1, 0.15) is 57.8 Å². The number of hydrogen-bond donors (Lipinski definition) is 2. The molecule has 1 heterocycles. The highest BCUT2D eigenvalue weighted by Crippen LogP contribution is 2.27. The van der Waals surface area contributed by atoms with Crippen LogP contribution in [0.15, 0.2) is 40.8 Å². The van der Waals surface area contributed by atoms with Crippen LogP contribution in [-0.4, -0.2) is 50.2 Å². The number of carbonyl (C=O) groups is 2. The Hall–Kier alpha value is -1.90. The molecule has 0 radical (unpaired) electrons. The van der Waals surface area contributed by atoms with Crippen molar-refractivity contribution < 1.29 is 18.0 Å². The topological polar surface area (TPSA) is 95.6 Å². The Bertz CT molecular complexity index is 931. The van der Waals surface area contributed by atoms with E-state index in [1.165, 1.54) is 34.9 Å². The van der Waals surface area contributed by atoms with Gasteiger partial charge in [-0.25, -0.2) is 8.42 Å². The molecule has 2 aliphatic rings. The van der Waals surface area contributed by atoms with Gasteiger partial charge in [0.1, 0.15) is 0 Å². The number of piperidine rings is 1. The molecular weight excluding hydrogens is 450 g/mol. The standard InChI is InChI=1S/C23H32ClN3O4S/c24-19-9-11-21(12-10-19)32(30,31)27-17-5-4-8-20(27)14-16-26-23(29)22(28)25-15-13-18-6-2-1-3-7-18/h6,9-12,20H,1-5,7-8,13-17H2,(H,25,28)(H,26,29)/t20-/m1/s1. The Morgan fingerprint density at radius 1 is 1.00 bits per heavy atom. The molecule has 0 unspecified atom stereocenters. The maximum atomic E-state index is 13.1.